The third kappa shape index (κ3) is 23.3. The van der Waals surface area contributed by atoms with Crippen LogP contribution in [-0.4, -0.2) is 226 Å². The molecule has 0 heterocycles. The van der Waals surface area contributed by atoms with Crippen molar-refractivity contribution >= 4 is 59.1 Å². The molecule has 0 aromatic carbocycles. The fourth-order valence-electron chi connectivity index (χ4n) is 10.3. The number of nitrogens with two attached hydrogens (primary N) is 1. The second kappa shape index (κ2) is 36.3. The molecule has 0 aliphatic heterocycles. The predicted octanol–water partition coefficient (Wildman–Crippen LogP) is 3.05. The van der Waals surface area contributed by atoms with Gasteiger partial charge in [0.1, 0.15) is 54.6 Å². The minimum atomic E-state index is -1.59. The van der Waals surface area contributed by atoms with E-state index in [2.05, 4.69) is 16.0 Å². The molecule has 0 bridgehead atoms. The fourth-order valence-corrected chi connectivity index (χ4v) is 10.3. The Bertz CT molecular complexity index is 2210. The van der Waals surface area contributed by atoms with Crippen molar-refractivity contribution in [1.29, 1.82) is 0 Å². The predicted molar refractivity (Wildman–Crippen MR) is 327 cm³/mol. The van der Waals surface area contributed by atoms with Crippen LogP contribution in [0.15, 0.2) is 12.2 Å². The van der Waals surface area contributed by atoms with Crippen molar-refractivity contribution in [3.8, 4) is 0 Å². The highest BCUT2D eigenvalue weighted by molar-refractivity contribution is 5.98. The van der Waals surface area contributed by atoms with Crippen LogP contribution in [-0.2, 0) is 47.9 Å². The third-order valence-corrected chi connectivity index (χ3v) is 15.7. The first-order valence-corrected chi connectivity index (χ1v) is 30.1. The molecule has 7 N–H and O–H groups in total. The molecule has 0 radical (unpaired) electrons. The maximum atomic E-state index is 15.1. The lowest BCUT2D eigenvalue weighted by atomic mass is 9.91. The zero-order valence-corrected chi connectivity index (χ0v) is 55.7. The van der Waals surface area contributed by atoms with E-state index in [4.69, 9.17) is 5.73 Å². The highest BCUT2D eigenvalue weighted by atomic mass is 16.3. The second-order valence-corrected chi connectivity index (χ2v) is 25.5. The number of nitrogens with zero attached hydrogens (tertiary/aromatic N) is 7. The van der Waals surface area contributed by atoms with E-state index in [1.807, 2.05) is 61.5 Å². The Kier molecular flexibility index (Phi) is 33.9. The van der Waals surface area contributed by atoms with Crippen LogP contribution < -0.4 is 21.7 Å². The van der Waals surface area contributed by atoms with Gasteiger partial charge in [-0.2, -0.15) is 0 Å². The molecule has 484 valence electrons. The first-order valence-electron chi connectivity index (χ1n) is 30.1. The minimum absolute atomic E-state index is 0.0694. The number of likely N-dealkylation sites (N-methyl/N-ethyl adjacent to an activating group) is 7. The molecule has 10 amide bonds. The van der Waals surface area contributed by atoms with E-state index in [0.29, 0.717) is 19.3 Å². The molecule has 0 saturated heterocycles. The standard InChI is InChI=1S/C61H113N11O12/c1-25-27-28-39(13)51(74)50(55(78)65-44(26-2)58(81)66(18)33-48(73)68(20)45(52(62)75)30-35(5)6)72(24)61(84)49(38(11)12)71(23)60(83)47(32-37(9)10)70(22)59(82)46(31-36(7)8)69(21)57(80)42(16)64-53(76)41(15)63-54(77)43(17)67(19)56(79)40(14)29-34(3)4/h25,27,34-47,49-52,74-75H,26,28-33,62H2,1-24H3,(H,63,77)(H,64,76)(H,65,78)/b27-25+/t39-,40+,41-,42+,43+,44-,45+,46+,47-,49-,50?,51+,52?/m1/s1. The Morgan fingerprint density at radius 2 is 0.940 bits per heavy atom. The van der Waals surface area contributed by atoms with Crippen molar-refractivity contribution in [3.05, 3.63) is 12.2 Å². The van der Waals surface area contributed by atoms with E-state index in [1.165, 1.54) is 87.7 Å². The summed E-state index contributed by atoms with van der Waals surface area (Å²) >= 11 is 0. The number of hydrogen-bond donors (Lipinski definition) is 6. The summed E-state index contributed by atoms with van der Waals surface area (Å²) in [4.78, 5) is 150. The highest BCUT2D eigenvalue weighted by Crippen LogP contribution is 2.25. The van der Waals surface area contributed by atoms with Crippen LogP contribution in [0.5, 0.6) is 0 Å². The quantitative estimate of drug-likeness (QED) is 0.0394. The van der Waals surface area contributed by atoms with Gasteiger partial charge in [0.25, 0.3) is 0 Å². The van der Waals surface area contributed by atoms with Gasteiger partial charge >= 0.3 is 0 Å². The molecule has 0 aliphatic rings. The second-order valence-electron chi connectivity index (χ2n) is 25.5. The maximum Gasteiger partial charge on any atom is 0.246 e. The molecule has 23 nitrogen and oxygen atoms in total. The van der Waals surface area contributed by atoms with E-state index in [1.54, 1.807) is 54.5 Å². The molecule has 0 aromatic rings. The van der Waals surface area contributed by atoms with Crippen LogP contribution in [0.2, 0.25) is 0 Å². The van der Waals surface area contributed by atoms with Crippen LogP contribution >= 0.6 is 0 Å². The normalized spacial score (nSPS) is 16.5. The summed E-state index contributed by atoms with van der Waals surface area (Å²) in [5.74, 6) is -7.35. The lowest BCUT2D eigenvalue weighted by Gasteiger charge is -2.41. The molecular formula is C61H113N11O12. The number of rotatable bonds is 35. The summed E-state index contributed by atoms with van der Waals surface area (Å²) in [5.41, 5.74) is 5.82. The van der Waals surface area contributed by atoms with Gasteiger partial charge in [-0.15, -0.1) is 0 Å². The number of carbonyl (C=O) groups excluding carboxylic acids is 10. The summed E-state index contributed by atoms with van der Waals surface area (Å²) in [7, 11) is 10.1. The summed E-state index contributed by atoms with van der Waals surface area (Å²) in [5, 5.41) is 30.3. The molecule has 23 heteroatoms. The van der Waals surface area contributed by atoms with Gasteiger partial charge in [-0.3, -0.25) is 47.9 Å². The molecule has 0 aromatic heterocycles. The Labute approximate surface area is 503 Å². The van der Waals surface area contributed by atoms with Gasteiger partial charge in [-0.25, -0.2) is 0 Å². The monoisotopic (exact) mass is 1190 g/mol. The van der Waals surface area contributed by atoms with Gasteiger partial charge in [0, 0.05) is 55.3 Å². The molecule has 84 heavy (non-hydrogen) atoms. The van der Waals surface area contributed by atoms with Gasteiger partial charge in [-0.05, 0) is 102 Å². The molecule has 0 fully saturated rings. The molecule has 0 saturated carbocycles. The van der Waals surface area contributed by atoms with Crippen molar-refractivity contribution in [1.82, 2.24) is 50.2 Å². The smallest absolute Gasteiger partial charge is 0.246 e. The average molecular weight is 1190 g/mol. The van der Waals surface area contributed by atoms with Crippen LogP contribution in [0.25, 0.3) is 0 Å². The number of aliphatic hydroxyl groups is 2. The van der Waals surface area contributed by atoms with Crippen molar-refractivity contribution in [3.63, 3.8) is 0 Å². The fraction of sp³-hybridized carbons (Fsp3) is 0.803. The lowest BCUT2D eigenvalue weighted by molar-refractivity contribution is -0.157. The SMILES string of the molecule is C/C=C/C[C@@H](C)[C@H](O)C(C(=O)N[C@H](CC)C(=O)N(C)CC(=O)N(C)[C@@H](CC(C)C)C(N)O)N(C)C(=O)[C@@H](C(C)C)N(C)C(=O)[C@@H](CC(C)C)N(C)C(=O)[C@H](CC(C)C)N(C)C(=O)[C@H](C)NC(=O)[C@@H](C)NC(=O)[C@H](C)N(C)C(=O)[C@@H](C)CC(C)C. The van der Waals surface area contributed by atoms with E-state index in [-0.39, 0.29) is 54.8 Å². The molecule has 0 rings (SSSR count). The summed E-state index contributed by atoms with van der Waals surface area (Å²) in [6.45, 7) is 29.8. The summed E-state index contributed by atoms with van der Waals surface area (Å²) in [6, 6.07) is -10.2. The van der Waals surface area contributed by atoms with Gasteiger partial charge in [0.05, 0.1) is 18.7 Å². The number of allylic oxidation sites excluding steroid dienone is 2. The van der Waals surface area contributed by atoms with E-state index in [9.17, 15) is 48.6 Å². The minimum Gasteiger partial charge on any atom is -0.390 e. The van der Waals surface area contributed by atoms with Crippen molar-refractivity contribution in [2.24, 2.45) is 47.2 Å². The number of aliphatic hydroxyl groups excluding tert-OH is 2. The Balaban J connectivity index is 6.97. The van der Waals surface area contributed by atoms with Gasteiger partial charge in [0.15, 0.2) is 0 Å². The van der Waals surface area contributed by atoms with Crippen LogP contribution in [0, 0.1) is 41.4 Å². The largest absolute Gasteiger partial charge is 0.390 e. The Hall–Kier alpha value is -5.68. The Morgan fingerprint density at radius 3 is 1.38 bits per heavy atom. The number of carbonyl (C=O) groups is 10. The first-order chi connectivity index (χ1) is 38.6. The number of amides is 10. The van der Waals surface area contributed by atoms with Gasteiger partial charge in [0.2, 0.25) is 59.1 Å². The Morgan fingerprint density at radius 1 is 0.488 bits per heavy atom. The van der Waals surface area contributed by atoms with Crippen molar-refractivity contribution in [2.75, 3.05) is 55.9 Å². The molecule has 2 unspecified atom stereocenters. The maximum absolute atomic E-state index is 15.1. The van der Waals surface area contributed by atoms with E-state index >= 15 is 9.59 Å². The molecule has 0 aliphatic carbocycles. The van der Waals surface area contributed by atoms with Crippen LogP contribution in [0.3, 0.4) is 0 Å². The third-order valence-electron chi connectivity index (χ3n) is 15.7. The van der Waals surface area contributed by atoms with Gasteiger partial charge < -0.3 is 66.2 Å². The van der Waals surface area contributed by atoms with Gasteiger partial charge in [-0.1, -0.05) is 102 Å². The average Bonchev–Trinajstić information content (AvgIpc) is 3.37. The van der Waals surface area contributed by atoms with Crippen molar-refractivity contribution in [2.45, 2.75) is 223 Å². The molecule has 13 atom stereocenters. The summed E-state index contributed by atoms with van der Waals surface area (Å²) in [6.07, 6.45) is 2.54. The van der Waals surface area contributed by atoms with Crippen molar-refractivity contribution < 1.29 is 58.2 Å². The topological polar surface area (TPSA) is 296 Å². The van der Waals surface area contributed by atoms with E-state index in [0.717, 1.165) is 9.80 Å². The number of nitrogens with one attached hydrogen (secondary N) is 3. The first kappa shape index (κ1) is 78.3. The zero-order valence-electron chi connectivity index (χ0n) is 55.7. The molecule has 0 spiro atoms. The van der Waals surface area contributed by atoms with Crippen LogP contribution in [0.1, 0.15) is 156 Å². The van der Waals surface area contributed by atoms with E-state index < -0.39 is 138 Å². The zero-order chi connectivity index (χ0) is 65.7. The lowest BCUT2D eigenvalue weighted by Crippen LogP contribution is -2.63. The summed E-state index contributed by atoms with van der Waals surface area (Å²) < 4.78 is 0. The number of hydrogen-bond acceptors (Lipinski definition) is 13. The molecular weight excluding hydrogens is 1080 g/mol. The highest BCUT2D eigenvalue weighted by Gasteiger charge is 2.45. The van der Waals surface area contributed by atoms with Crippen LogP contribution in [0.4, 0.5) is 0 Å².